The topological polar surface area (TPSA) is 92.8 Å². The van der Waals surface area contributed by atoms with Crippen molar-refractivity contribution < 1.29 is 23.9 Å². The lowest BCUT2D eigenvalue weighted by Gasteiger charge is -2.28. The minimum atomic E-state index is -1.03. The van der Waals surface area contributed by atoms with Crippen LogP contribution in [0.1, 0.15) is 31.4 Å². The molecule has 1 saturated carbocycles. The van der Waals surface area contributed by atoms with Gasteiger partial charge in [-0.25, -0.2) is 4.79 Å². The molecule has 2 fully saturated rings. The van der Waals surface area contributed by atoms with Gasteiger partial charge in [0.25, 0.3) is 5.91 Å². The predicted molar refractivity (Wildman–Crippen MR) is 114 cm³/mol. The molecule has 1 aromatic carbocycles. The average Bonchev–Trinajstić information content (AvgIpc) is 3.38. The summed E-state index contributed by atoms with van der Waals surface area (Å²) in [5, 5.41) is 2.73. The Bertz CT molecular complexity index is 952. The number of esters is 1. The fourth-order valence-corrected chi connectivity index (χ4v) is 5.24. The molecule has 0 spiro atoms. The van der Waals surface area contributed by atoms with Crippen LogP contribution in [0.4, 0.5) is 5.69 Å². The van der Waals surface area contributed by atoms with E-state index >= 15 is 0 Å². The summed E-state index contributed by atoms with van der Waals surface area (Å²) in [4.78, 5) is 52.4. The number of nitrogens with one attached hydrogen (secondary N) is 1. The highest BCUT2D eigenvalue weighted by Crippen LogP contribution is 2.53. The van der Waals surface area contributed by atoms with E-state index in [4.69, 9.17) is 4.74 Å². The Balaban J connectivity index is 1.42. The normalized spacial score (nSPS) is 27.1. The summed E-state index contributed by atoms with van der Waals surface area (Å²) < 4.78 is 5.25. The summed E-state index contributed by atoms with van der Waals surface area (Å²) in [6, 6.07) is 4.59. The molecule has 1 aliphatic heterocycles. The number of anilines is 1. The third kappa shape index (κ3) is 3.66. The largest absolute Gasteiger partial charge is 0.454 e. The number of allylic oxidation sites excluding steroid dienone is 2. The van der Waals surface area contributed by atoms with Gasteiger partial charge in [0.05, 0.1) is 11.8 Å². The molecule has 1 heterocycles. The zero-order valence-corrected chi connectivity index (χ0v) is 18.3. The molecule has 1 N–H and O–H groups in total. The first-order valence-electron chi connectivity index (χ1n) is 10.8. The summed E-state index contributed by atoms with van der Waals surface area (Å²) in [6.07, 6.45) is 4.86. The highest BCUT2D eigenvalue weighted by Gasteiger charge is 2.61. The molecule has 2 bridgehead atoms. The van der Waals surface area contributed by atoms with Gasteiger partial charge in [0.15, 0.2) is 6.61 Å². The molecule has 2 aliphatic carbocycles. The standard InChI is InChI=1S/C24H28N2O5/c1-12(2)21(26-22(28)19-15-6-7-16(10-15)20(19)23(26)29)24(30)31-11-18(27)25-17-8-5-13(3)9-14(17)4/h5-9,12,15-16,19-21H,10-11H2,1-4H3,(H,25,27)/t15-,16-,19+,20+,21-/m0/s1. The van der Waals surface area contributed by atoms with E-state index in [1.54, 1.807) is 19.9 Å². The van der Waals surface area contributed by atoms with Gasteiger partial charge >= 0.3 is 5.97 Å². The number of amides is 3. The van der Waals surface area contributed by atoms with Crippen LogP contribution in [0.5, 0.6) is 0 Å². The van der Waals surface area contributed by atoms with E-state index < -0.39 is 24.5 Å². The fourth-order valence-electron chi connectivity index (χ4n) is 5.24. The molecule has 0 aromatic heterocycles. The van der Waals surface area contributed by atoms with Gasteiger partial charge in [0, 0.05) is 5.69 Å². The van der Waals surface area contributed by atoms with E-state index in [2.05, 4.69) is 5.32 Å². The third-order valence-electron chi connectivity index (χ3n) is 6.66. The lowest BCUT2D eigenvalue weighted by Crippen LogP contribution is -2.50. The number of imide groups is 1. The molecule has 5 atom stereocenters. The van der Waals surface area contributed by atoms with Crippen LogP contribution in [0.3, 0.4) is 0 Å². The number of rotatable bonds is 6. The minimum absolute atomic E-state index is 0.0730. The van der Waals surface area contributed by atoms with Gasteiger partial charge in [0.2, 0.25) is 11.8 Å². The second-order valence-corrected chi connectivity index (χ2v) is 9.21. The second-order valence-electron chi connectivity index (χ2n) is 9.21. The van der Waals surface area contributed by atoms with E-state index in [0.717, 1.165) is 22.4 Å². The molecule has 7 nitrogen and oxygen atoms in total. The van der Waals surface area contributed by atoms with Crippen LogP contribution in [0.2, 0.25) is 0 Å². The Kier molecular flexibility index (Phi) is 5.45. The number of carbonyl (C=O) groups is 4. The van der Waals surface area contributed by atoms with Crippen LogP contribution in [0.15, 0.2) is 30.4 Å². The number of ether oxygens (including phenoxy) is 1. The van der Waals surface area contributed by atoms with Crippen LogP contribution in [0, 0.1) is 43.4 Å². The van der Waals surface area contributed by atoms with Crippen molar-refractivity contribution in [2.45, 2.75) is 40.2 Å². The Morgan fingerprint density at radius 1 is 1.10 bits per heavy atom. The molecule has 31 heavy (non-hydrogen) atoms. The van der Waals surface area contributed by atoms with Gasteiger partial charge in [0.1, 0.15) is 6.04 Å². The fraction of sp³-hybridized carbons (Fsp3) is 0.500. The molecule has 3 aliphatic rings. The summed E-state index contributed by atoms with van der Waals surface area (Å²) >= 11 is 0. The maximum Gasteiger partial charge on any atom is 0.330 e. The van der Waals surface area contributed by atoms with Gasteiger partial charge in [-0.2, -0.15) is 0 Å². The SMILES string of the molecule is Cc1ccc(NC(=O)COC(=O)[C@H](C(C)C)N2C(=O)[C@H]3[C@H](C2=O)[C@H]2C=C[C@H]3C2)c(C)c1. The minimum Gasteiger partial charge on any atom is -0.454 e. The first-order valence-corrected chi connectivity index (χ1v) is 10.8. The van der Waals surface area contributed by atoms with Crippen molar-refractivity contribution in [1.29, 1.82) is 0 Å². The summed E-state index contributed by atoms with van der Waals surface area (Å²) in [5.74, 6) is -2.70. The van der Waals surface area contributed by atoms with Gasteiger partial charge < -0.3 is 10.1 Å². The van der Waals surface area contributed by atoms with Gasteiger partial charge in [-0.1, -0.05) is 43.7 Å². The maximum atomic E-state index is 13.1. The smallest absolute Gasteiger partial charge is 0.330 e. The maximum absolute atomic E-state index is 13.1. The number of carbonyl (C=O) groups excluding carboxylic acids is 4. The Labute approximate surface area is 181 Å². The van der Waals surface area contributed by atoms with Crippen molar-refractivity contribution in [2.75, 3.05) is 11.9 Å². The lowest BCUT2D eigenvalue weighted by atomic mass is 9.85. The summed E-state index contributed by atoms with van der Waals surface area (Å²) in [6.45, 7) is 6.90. The molecule has 0 radical (unpaired) electrons. The van der Waals surface area contributed by atoms with Crippen molar-refractivity contribution in [2.24, 2.45) is 29.6 Å². The number of hydrogen-bond donors (Lipinski definition) is 1. The van der Waals surface area contributed by atoms with Gasteiger partial charge in [-0.3, -0.25) is 19.3 Å². The van der Waals surface area contributed by atoms with Gasteiger partial charge in [-0.05, 0) is 49.7 Å². The first kappa shape index (κ1) is 21.3. The van der Waals surface area contributed by atoms with Crippen LogP contribution < -0.4 is 5.32 Å². The van der Waals surface area contributed by atoms with E-state index in [1.807, 2.05) is 38.1 Å². The Morgan fingerprint density at radius 2 is 1.71 bits per heavy atom. The molecule has 7 heteroatoms. The first-order chi connectivity index (χ1) is 14.7. The van der Waals surface area contributed by atoms with Gasteiger partial charge in [-0.15, -0.1) is 0 Å². The van der Waals surface area contributed by atoms with Crippen molar-refractivity contribution in [3.05, 3.63) is 41.5 Å². The molecule has 1 aromatic rings. The molecular formula is C24H28N2O5. The van der Waals surface area contributed by atoms with E-state index in [9.17, 15) is 19.2 Å². The van der Waals surface area contributed by atoms with Crippen molar-refractivity contribution in [3.63, 3.8) is 0 Å². The van der Waals surface area contributed by atoms with Crippen LogP contribution in [-0.2, 0) is 23.9 Å². The number of benzene rings is 1. The highest BCUT2D eigenvalue weighted by atomic mass is 16.5. The molecule has 164 valence electrons. The molecule has 0 unspecified atom stereocenters. The van der Waals surface area contributed by atoms with Crippen molar-refractivity contribution >= 4 is 29.4 Å². The molecular weight excluding hydrogens is 396 g/mol. The molecule has 3 amide bonds. The number of fused-ring (bicyclic) bond motifs is 5. The number of nitrogens with zero attached hydrogens (tertiary/aromatic N) is 1. The van der Waals surface area contributed by atoms with E-state index in [0.29, 0.717) is 5.69 Å². The number of hydrogen-bond acceptors (Lipinski definition) is 5. The third-order valence-corrected chi connectivity index (χ3v) is 6.66. The van der Waals surface area contributed by atoms with E-state index in [1.165, 1.54) is 0 Å². The number of aryl methyl sites for hydroxylation is 2. The summed E-state index contributed by atoms with van der Waals surface area (Å²) in [5.41, 5.74) is 2.63. The monoisotopic (exact) mass is 424 g/mol. The Hall–Kier alpha value is -2.96. The zero-order valence-electron chi connectivity index (χ0n) is 18.3. The van der Waals surface area contributed by atoms with E-state index in [-0.39, 0.29) is 41.4 Å². The zero-order chi connectivity index (χ0) is 22.4. The second kappa shape index (κ2) is 7.94. The number of likely N-dealkylation sites (tertiary alicyclic amines) is 1. The predicted octanol–water partition coefficient (Wildman–Crippen LogP) is 2.62. The van der Waals surface area contributed by atoms with Crippen LogP contribution >= 0.6 is 0 Å². The van der Waals surface area contributed by atoms with Crippen molar-refractivity contribution in [3.8, 4) is 0 Å². The highest BCUT2D eigenvalue weighted by molar-refractivity contribution is 6.09. The van der Waals surface area contributed by atoms with Crippen molar-refractivity contribution in [1.82, 2.24) is 4.90 Å². The molecule has 4 rings (SSSR count). The van der Waals surface area contributed by atoms with Crippen LogP contribution in [-0.4, -0.2) is 41.2 Å². The summed E-state index contributed by atoms with van der Waals surface area (Å²) in [7, 11) is 0. The van der Waals surface area contributed by atoms with Crippen LogP contribution in [0.25, 0.3) is 0 Å². The quantitative estimate of drug-likeness (QED) is 0.431. The lowest BCUT2D eigenvalue weighted by molar-refractivity contribution is -0.162. The Morgan fingerprint density at radius 3 is 2.26 bits per heavy atom. The molecule has 1 saturated heterocycles. The average molecular weight is 424 g/mol.